The number of carbonyl (C=O) groups excluding carboxylic acids is 1. The maximum absolute atomic E-state index is 12.1. The highest BCUT2D eigenvalue weighted by Gasteiger charge is 2.22. The van der Waals surface area contributed by atoms with E-state index < -0.39 is 6.61 Å². The summed E-state index contributed by atoms with van der Waals surface area (Å²) in [4.78, 5) is 11.9. The Balaban J connectivity index is 2.01. The lowest BCUT2D eigenvalue weighted by atomic mass is 10.1. The number of nitrogens with one attached hydrogen (secondary N) is 1. The second kappa shape index (κ2) is 6.19. The van der Waals surface area contributed by atoms with Crippen LogP contribution < -0.4 is 10.1 Å². The van der Waals surface area contributed by atoms with Gasteiger partial charge >= 0.3 is 6.61 Å². The number of rotatable bonds is 4. The molecule has 1 aliphatic carbocycles. The zero-order valence-corrected chi connectivity index (χ0v) is 10.9. The number of hydrogen-bond acceptors (Lipinski definition) is 2. The molecule has 1 saturated carbocycles. The molecule has 0 atom stereocenters. The number of hydrogen-bond donors (Lipinski definition) is 1. The van der Waals surface area contributed by atoms with E-state index in [-0.39, 0.29) is 22.6 Å². The van der Waals surface area contributed by atoms with Crippen molar-refractivity contribution >= 4 is 23.2 Å². The van der Waals surface area contributed by atoms with Gasteiger partial charge in [-0.2, -0.15) is 8.78 Å². The van der Waals surface area contributed by atoms with Gasteiger partial charge in [-0.3, -0.25) is 4.79 Å². The predicted octanol–water partition coefficient (Wildman–Crippen LogP) is 4.07. The molecule has 1 aliphatic rings. The van der Waals surface area contributed by atoms with Gasteiger partial charge in [0.05, 0.1) is 5.02 Å². The average Bonchev–Trinajstić information content (AvgIpc) is 2.86. The van der Waals surface area contributed by atoms with Crippen LogP contribution in [0.25, 0.3) is 0 Å². The van der Waals surface area contributed by atoms with Crippen molar-refractivity contribution in [1.29, 1.82) is 0 Å². The Kier molecular flexibility index (Phi) is 4.58. The minimum Gasteiger partial charge on any atom is -0.433 e. The molecule has 1 amide bonds. The summed E-state index contributed by atoms with van der Waals surface area (Å²) in [6.07, 6.45) is 3.93. The Morgan fingerprint density at radius 1 is 1.37 bits per heavy atom. The van der Waals surface area contributed by atoms with E-state index in [9.17, 15) is 13.6 Å². The highest BCUT2D eigenvalue weighted by atomic mass is 35.5. The van der Waals surface area contributed by atoms with Gasteiger partial charge in [-0.05, 0) is 31.0 Å². The van der Waals surface area contributed by atoms with E-state index in [1.54, 1.807) is 0 Å². The quantitative estimate of drug-likeness (QED) is 0.907. The van der Waals surface area contributed by atoms with Crippen molar-refractivity contribution in [3.8, 4) is 5.75 Å². The topological polar surface area (TPSA) is 38.3 Å². The van der Waals surface area contributed by atoms with Crippen LogP contribution >= 0.6 is 11.6 Å². The minimum absolute atomic E-state index is 0.0377. The van der Waals surface area contributed by atoms with E-state index in [2.05, 4.69) is 10.1 Å². The standard InChI is InChI=1S/C13H14ClF2NO2/c14-10-7-9(5-6-11(10)19-13(15)16)17-12(18)8-3-1-2-4-8/h5-8,13H,1-4H2,(H,17,18). The maximum Gasteiger partial charge on any atom is 0.387 e. The lowest BCUT2D eigenvalue weighted by molar-refractivity contribution is -0.119. The maximum atomic E-state index is 12.1. The van der Waals surface area contributed by atoms with E-state index in [1.165, 1.54) is 18.2 Å². The third-order valence-corrected chi connectivity index (χ3v) is 3.44. The molecule has 19 heavy (non-hydrogen) atoms. The van der Waals surface area contributed by atoms with E-state index >= 15 is 0 Å². The van der Waals surface area contributed by atoms with Crippen LogP contribution in [-0.4, -0.2) is 12.5 Å². The van der Waals surface area contributed by atoms with Crippen molar-refractivity contribution < 1.29 is 18.3 Å². The number of alkyl halides is 2. The number of amides is 1. The first-order valence-electron chi connectivity index (χ1n) is 6.11. The first-order chi connectivity index (χ1) is 9.06. The van der Waals surface area contributed by atoms with Crippen LogP contribution in [0.15, 0.2) is 18.2 Å². The normalized spacial score (nSPS) is 15.8. The van der Waals surface area contributed by atoms with Gasteiger partial charge < -0.3 is 10.1 Å². The summed E-state index contributed by atoms with van der Waals surface area (Å²) in [5.41, 5.74) is 0.489. The fourth-order valence-corrected chi connectivity index (χ4v) is 2.43. The van der Waals surface area contributed by atoms with E-state index in [4.69, 9.17) is 11.6 Å². The molecule has 0 spiro atoms. The van der Waals surface area contributed by atoms with Crippen LogP contribution in [0.5, 0.6) is 5.75 Å². The number of anilines is 1. The molecule has 104 valence electrons. The van der Waals surface area contributed by atoms with E-state index in [1.807, 2.05) is 0 Å². The zero-order valence-electron chi connectivity index (χ0n) is 10.2. The molecule has 0 bridgehead atoms. The summed E-state index contributed by atoms with van der Waals surface area (Å²) in [6, 6.07) is 4.22. The van der Waals surface area contributed by atoms with E-state index in [0.29, 0.717) is 5.69 Å². The van der Waals surface area contributed by atoms with Gasteiger partial charge in [-0.25, -0.2) is 0 Å². The van der Waals surface area contributed by atoms with Crippen LogP contribution in [0.1, 0.15) is 25.7 Å². The van der Waals surface area contributed by atoms with Crippen molar-refractivity contribution in [2.24, 2.45) is 5.92 Å². The molecule has 0 radical (unpaired) electrons. The number of benzene rings is 1. The highest BCUT2D eigenvalue weighted by Crippen LogP contribution is 2.30. The Bertz CT molecular complexity index is 462. The fraction of sp³-hybridized carbons (Fsp3) is 0.462. The van der Waals surface area contributed by atoms with Crippen molar-refractivity contribution in [3.63, 3.8) is 0 Å². The molecule has 2 rings (SSSR count). The van der Waals surface area contributed by atoms with Crippen molar-refractivity contribution in [2.75, 3.05) is 5.32 Å². The SMILES string of the molecule is O=C(Nc1ccc(OC(F)F)c(Cl)c1)C1CCCC1. The monoisotopic (exact) mass is 289 g/mol. The van der Waals surface area contributed by atoms with Gasteiger partial charge in [-0.1, -0.05) is 24.4 Å². The van der Waals surface area contributed by atoms with Crippen molar-refractivity contribution in [1.82, 2.24) is 0 Å². The van der Waals surface area contributed by atoms with E-state index in [0.717, 1.165) is 25.7 Å². The average molecular weight is 290 g/mol. The zero-order chi connectivity index (χ0) is 13.8. The summed E-state index contributed by atoms with van der Waals surface area (Å²) in [6.45, 7) is -2.92. The Morgan fingerprint density at radius 2 is 2.05 bits per heavy atom. The molecule has 0 unspecified atom stereocenters. The lowest BCUT2D eigenvalue weighted by Gasteiger charge is -2.12. The molecule has 1 aromatic rings. The Morgan fingerprint density at radius 3 is 2.63 bits per heavy atom. The first-order valence-corrected chi connectivity index (χ1v) is 6.49. The fourth-order valence-electron chi connectivity index (χ4n) is 2.20. The van der Waals surface area contributed by atoms with Gasteiger partial charge in [0.1, 0.15) is 5.75 Å². The molecule has 0 saturated heterocycles. The van der Waals surface area contributed by atoms with Crippen LogP contribution in [0, 0.1) is 5.92 Å². The molecule has 0 aliphatic heterocycles. The second-order valence-corrected chi connectivity index (χ2v) is 4.90. The Labute approximate surface area is 114 Å². The molecular formula is C13H14ClF2NO2. The smallest absolute Gasteiger partial charge is 0.387 e. The molecule has 6 heteroatoms. The largest absolute Gasteiger partial charge is 0.433 e. The number of ether oxygens (including phenoxy) is 1. The first kappa shape index (κ1) is 14.1. The molecule has 3 nitrogen and oxygen atoms in total. The van der Waals surface area contributed by atoms with Crippen LogP contribution in [0.4, 0.5) is 14.5 Å². The molecule has 0 heterocycles. The Hall–Kier alpha value is -1.36. The third kappa shape index (κ3) is 3.80. The van der Waals surface area contributed by atoms with Gasteiger partial charge in [0.2, 0.25) is 5.91 Å². The van der Waals surface area contributed by atoms with Crippen LogP contribution in [0.2, 0.25) is 5.02 Å². The lowest BCUT2D eigenvalue weighted by Crippen LogP contribution is -2.20. The van der Waals surface area contributed by atoms with Gasteiger partial charge in [0, 0.05) is 11.6 Å². The summed E-state index contributed by atoms with van der Waals surface area (Å²) in [5, 5.41) is 2.78. The molecular weight excluding hydrogens is 276 g/mol. The summed E-state index contributed by atoms with van der Waals surface area (Å²) >= 11 is 5.81. The summed E-state index contributed by atoms with van der Waals surface area (Å²) in [5.74, 6) is -0.109. The van der Waals surface area contributed by atoms with Crippen LogP contribution in [-0.2, 0) is 4.79 Å². The van der Waals surface area contributed by atoms with Crippen molar-refractivity contribution in [3.05, 3.63) is 23.2 Å². The minimum atomic E-state index is -2.92. The molecule has 1 aromatic carbocycles. The summed E-state index contributed by atoms with van der Waals surface area (Å²) < 4.78 is 28.4. The highest BCUT2D eigenvalue weighted by molar-refractivity contribution is 6.32. The number of halogens is 3. The van der Waals surface area contributed by atoms with Crippen molar-refractivity contribution in [2.45, 2.75) is 32.3 Å². The van der Waals surface area contributed by atoms with Gasteiger partial charge in [0.25, 0.3) is 0 Å². The predicted molar refractivity (Wildman–Crippen MR) is 68.7 cm³/mol. The molecule has 0 aromatic heterocycles. The molecule has 1 N–H and O–H groups in total. The second-order valence-electron chi connectivity index (χ2n) is 4.49. The summed E-state index contributed by atoms with van der Waals surface area (Å²) in [7, 11) is 0. The number of carbonyl (C=O) groups is 1. The van der Waals surface area contributed by atoms with Gasteiger partial charge in [0.15, 0.2) is 0 Å². The van der Waals surface area contributed by atoms with Crippen LogP contribution in [0.3, 0.4) is 0 Å². The molecule has 1 fully saturated rings. The third-order valence-electron chi connectivity index (χ3n) is 3.14. The van der Waals surface area contributed by atoms with Gasteiger partial charge in [-0.15, -0.1) is 0 Å².